The molecule has 1 unspecified atom stereocenters. The van der Waals surface area contributed by atoms with Crippen molar-refractivity contribution in [3.05, 3.63) is 54.6 Å². The van der Waals surface area contributed by atoms with Crippen molar-refractivity contribution >= 4 is 11.8 Å². The lowest BCUT2D eigenvalue weighted by Gasteiger charge is -2.23. The van der Waals surface area contributed by atoms with Crippen LogP contribution in [-0.2, 0) is 0 Å². The van der Waals surface area contributed by atoms with Crippen LogP contribution in [0.15, 0.2) is 53.4 Å². The van der Waals surface area contributed by atoms with Gasteiger partial charge in [0.1, 0.15) is 17.7 Å². The van der Waals surface area contributed by atoms with Gasteiger partial charge in [-0.15, -0.1) is 0 Å². The molecule has 0 radical (unpaired) electrons. The molecule has 1 saturated heterocycles. The van der Waals surface area contributed by atoms with Crippen molar-refractivity contribution in [2.45, 2.75) is 39.7 Å². The first-order valence-corrected chi connectivity index (χ1v) is 10.6. The molecule has 7 heteroatoms. The van der Waals surface area contributed by atoms with Crippen LogP contribution in [0, 0.1) is 6.92 Å². The van der Waals surface area contributed by atoms with Crippen LogP contribution in [0.2, 0.25) is 0 Å². The molecule has 4 aromatic rings. The molecular weight excluding hydrogens is 376 g/mol. The van der Waals surface area contributed by atoms with Crippen molar-refractivity contribution < 1.29 is 4.42 Å². The van der Waals surface area contributed by atoms with E-state index < -0.39 is 0 Å². The standard InChI is InChI=1S/C21H22N6O.C2H6/c1-14-4-6-15(7-5-14)18-19(27-11-12-28-21(27)26-18)17-8-10-23-20(25-17)24-16-3-2-9-22-13-16;1-2/h4-8,10-12,16,22H,2-3,9,13H2,1H3,(H,23,24,25);1-2H3. The number of piperidine rings is 1. The van der Waals surface area contributed by atoms with Crippen LogP contribution in [0.3, 0.4) is 0 Å². The molecule has 3 aromatic heterocycles. The first kappa shape index (κ1) is 20.1. The van der Waals surface area contributed by atoms with Crippen molar-refractivity contribution in [2.24, 2.45) is 0 Å². The van der Waals surface area contributed by atoms with Crippen LogP contribution >= 0.6 is 0 Å². The van der Waals surface area contributed by atoms with E-state index in [1.54, 1.807) is 12.5 Å². The highest BCUT2D eigenvalue weighted by Crippen LogP contribution is 2.32. The number of fused-ring (bicyclic) bond motifs is 1. The van der Waals surface area contributed by atoms with E-state index in [-0.39, 0.29) is 0 Å². The van der Waals surface area contributed by atoms with Crippen LogP contribution in [0.5, 0.6) is 0 Å². The Labute approximate surface area is 176 Å². The smallest absolute Gasteiger partial charge is 0.306 e. The number of rotatable bonds is 4. The van der Waals surface area contributed by atoms with Crippen LogP contribution < -0.4 is 10.6 Å². The van der Waals surface area contributed by atoms with Crippen LogP contribution in [0.25, 0.3) is 28.5 Å². The number of nitrogens with one attached hydrogen (secondary N) is 2. The maximum atomic E-state index is 5.54. The maximum Gasteiger partial charge on any atom is 0.306 e. The minimum Gasteiger partial charge on any atom is -0.432 e. The summed E-state index contributed by atoms with van der Waals surface area (Å²) in [4.78, 5) is 13.9. The largest absolute Gasteiger partial charge is 0.432 e. The number of hydrogen-bond donors (Lipinski definition) is 2. The SMILES string of the molecule is CC.Cc1ccc(-c2nc3occn3c2-c2ccnc(NC3CCCNC3)n2)cc1. The van der Waals surface area contributed by atoms with E-state index in [4.69, 9.17) is 14.4 Å². The average molecular weight is 405 g/mol. The van der Waals surface area contributed by atoms with E-state index in [1.165, 1.54) is 5.56 Å². The second-order valence-electron chi connectivity index (χ2n) is 7.18. The molecule has 2 N–H and O–H groups in total. The van der Waals surface area contributed by atoms with Crippen LogP contribution in [0.4, 0.5) is 5.95 Å². The maximum absolute atomic E-state index is 5.54. The van der Waals surface area contributed by atoms with Crippen LogP contribution in [0.1, 0.15) is 32.3 Å². The van der Waals surface area contributed by atoms with E-state index in [0.717, 1.165) is 48.6 Å². The normalized spacial score (nSPS) is 16.2. The molecule has 30 heavy (non-hydrogen) atoms. The Balaban J connectivity index is 0.00000106. The zero-order valence-corrected chi connectivity index (χ0v) is 17.7. The first-order valence-electron chi connectivity index (χ1n) is 10.6. The topological polar surface area (TPSA) is 80.3 Å². The number of aryl methyl sites for hydroxylation is 1. The van der Waals surface area contributed by atoms with Crippen molar-refractivity contribution in [3.8, 4) is 22.6 Å². The Bertz CT molecular complexity index is 1090. The molecule has 7 nitrogen and oxygen atoms in total. The number of aromatic nitrogens is 4. The minimum atomic E-state index is 0.347. The van der Waals surface area contributed by atoms with Gasteiger partial charge in [-0.1, -0.05) is 43.7 Å². The Kier molecular flexibility index (Phi) is 6.09. The summed E-state index contributed by atoms with van der Waals surface area (Å²) in [7, 11) is 0. The fourth-order valence-electron chi connectivity index (χ4n) is 3.66. The number of benzene rings is 1. The quantitative estimate of drug-likeness (QED) is 0.519. The van der Waals surface area contributed by atoms with Gasteiger partial charge in [-0.25, -0.2) is 9.97 Å². The van der Waals surface area contributed by atoms with Crippen molar-refractivity contribution in [1.82, 2.24) is 24.7 Å². The van der Waals surface area contributed by atoms with Gasteiger partial charge in [0.25, 0.3) is 0 Å². The number of nitrogens with zero attached hydrogens (tertiary/aromatic N) is 4. The molecule has 5 rings (SSSR count). The highest BCUT2D eigenvalue weighted by atomic mass is 16.3. The molecule has 0 spiro atoms. The van der Waals surface area contributed by atoms with E-state index in [0.29, 0.717) is 17.8 Å². The van der Waals surface area contributed by atoms with Crippen molar-refractivity contribution in [3.63, 3.8) is 0 Å². The predicted octanol–water partition coefficient (Wildman–Crippen LogP) is 4.55. The Morgan fingerprint density at radius 3 is 2.73 bits per heavy atom. The molecule has 1 aliphatic heterocycles. The lowest BCUT2D eigenvalue weighted by Crippen LogP contribution is -2.38. The Hall–Kier alpha value is -3.19. The summed E-state index contributed by atoms with van der Waals surface area (Å²) >= 11 is 0. The molecule has 1 atom stereocenters. The van der Waals surface area contributed by atoms with Gasteiger partial charge < -0.3 is 15.1 Å². The monoisotopic (exact) mass is 404 g/mol. The molecule has 0 bridgehead atoms. The van der Waals surface area contributed by atoms with Crippen molar-refractivity contribution in [2.75, 3.05) is 18.4 Å². The van der Waals surface area contributed by atoms with Crippen molar-refractivity contribution in [1.29, 1.82) is 0 Å². The summed E-state index contributed by atoms with van der Waals surface area (Å²) in [6, 6.07) is 10.6. The highest BCUT2D eigenvalue weighted by molar-refractivity contribution is 5.79. The molecule has 1 fully saturated rings. The minimum absolute atomic E-state index is 0.347. The summed E-state index contributed by atoms with van der Waals surface area (Å²) in [6.07, 6.45) is 7.58. The number of hydrogen-bond acceptors (Lipinski definition) is 6. The van der Waals surface area contributed by atoms with Gasteiger partial charge in [0.15, 0.2) is 0 Å². The molecular formula is C23H28N6O. The molecule has 156 valence electrons. The van der Waals surface area contributed by atoms with Gasteiger partial charge in [0, 0.05) is 30.5 Å². The Morgan fingerprint density at radius 1 is 1.13 bits per heavy atom. The lowest BCUT2D eigenvalue weighted by molar-refractivity contribution is 0.478. The summed E-state index contributed by atoms with van der Waals surface area (Å²) in [6.45, 7) is 8.08. The fraction of sp³-hybridized carbons (Fsp3) is 0.348. The second kappa shape index (κ2) is 9.09. The van der Waals surface area contributed by atoms with Gasteiger partial charge in [0.2, 0.25) is 5.95 Å². The lowest BCUT2D eigenvalue weighted by atomic mass is 10.1. The summed E-state index contributed by atoms with van der Waals surface area (Å²) in [5.74, 6) is 1.19. The van der Waals surface area contributed by atoms with E-state index in [9.17, 15) is 0 Å². The van der Waals surface area contributed by atoms with Crippen LogP contribution in [-0.4, -0.2) is 38.5 Å². The van der Waals surface area contributed by atoms with Gasteiger partial charge in [-0.05, 0) is 32.4 Å². The highest BCUT2D eigenvalue weighted by Gasteiger charge is 2.20. The number of anilines is 1. The summed E-state index contributed by atoms with van der Waals surface area (Å²) < 4.78 is 7.48. The fourth-order valence-corrected chi connectivity index (χ4v) is 3.66. The third kappa shape index (κ3) is 4.07. The summed E-state index contributed by atoms with van der Waals surface area (Å²) in [5.41, 5.74) is 4.81. The molecule has 1 aliphatic rings. The second-order valence-corrected chi connectivity index (χ2v) is 7.18. The molecule has 0 aliphatic carbocycles. The van der Waals surface area contributed by atoms with E-state index in [1.807, 2.05) is 30.5 Å². The predicted molar refractivity (Wildman–Crippen MR) is 120 cm³/mol. The van der Waals surface area contributed by atoms with Gasteiger partial charge in [-0.2, -0.15) is 4.98 Å². The molecule has 0 amide bonds. The zero-order chi connectivity index (χ0) is 20.9. The Morgan fingerprint density at radius 2 is 1.97 bits per heavy atom. The molecule has 1 aromatic carbocycles. The molecule has 4 heterocycles. The molecule has 0 saturated carbocycles. The number of oxazole rings is 1. The van der Waals surface area contributed by atoms with Gasteiger partial charge >= 0.3 is 5.84 Å². The van der Waals surface area contributed by atoms with E-state index in [2.05, 4.69) is 46.8 Å². The third-order valence-electron chi connectivity index (χ3n) is 5.12. The average Bonchev–Trinajstić information content (AvgIpc) is 3.38. The summed E-state index contributed by atoms with van der Waals surface area (Å²) in [5, 5.41) is 6.86. The number of imidazole rings is 1. The van der Waals surface area contributed by atoms with Gasteiger partial charge in [-0.3, -0.25) is 4.40 Å². The first-order chi connectivity index (χ1) is 14.8. The third-order valence-corrected chi connectivity index (χ3v) is 5.12. The zero-order valence-electron chi connectivity index (χ0n) is 17.7. The van der Waals surface area contributed by atoms with E-state index >= 15 is 0 Å². The van der Waals surface area contributed by atoms with Gasteiger partial charge in [0.05, 0.1) is 5.69 Å².